The van der Waals surface area contributed by atoms with Gasteiger partial charge in [0.15, 0.2) is 12.3 Å². The molecule has 122 valence electrons. The molecule has 0 aliphatic rings. The van der Waals surface area contributed by atoms with Crippen molar-refractivity contribution >= 4 is 22.5 Å². The second-order valence-corrected chi connectivity index (χ2v) is 5.16. The van der Waals surface area contributed by atoms with Gasteiger partial charge in [0.05, 0.1) is 5.52 Å². The number of aromatic nitrogens is 1. The normalized spacial score (nSPS) is 11.2. The predicted molar refractivity (Wildman–Crippen MR) is 86.1 cm³/mol. The molecule has 0 spiro atoms. The van der Waals surface area contributed by atoms with Crippen LogP contribution < -0.4 is 4.74 Å². The smallest absolute Gasteiger partial charge is 0.302 e. The number of aromatic amines is 1. The number of H-pyrrole nitrogens is 1. The Kier molecular flexibility index (Phi) is 4.24. The Morgan fingerprint density at radius 3 is 2.88 bits per heavy atom. The van der Waals surface area contributed by atoms with E-state index in [2.05, 4.69) is 15.2 Å². The van der Waals surface area contributed by atoms with Crippen LogP contribution in [0.4, 0.5) is 10.1 Å². The highest BCUT2D eigenvalue weighted by atomic mass is 19.1. The van der Waals surface area contributed by atoms with Gasteiger partial charge in [-0.2, -0.15) is 0 Å². The second kappa shape index (κ2) is 6.49. The van der Waals surface area contributed by atoms with Gasteiger partial charge in [-0.25, -0.2) is 4.39 Å². The quantitative estimate of drug-likeness (QED) is 0.710. The molecule has 1 aromatic heterocycles. The van der Waals surface area contributed by atoms with Crippen LogP contribution in [0.5, 0.6) is 11.6 Å². The number of hydrogen-bond donors (Lipinski definition) is 2. The number of hydrogen-bond acceptors (Lipinski definition) is 4. The Balaban J connectivity index is 1.74. The molecule has 1 amide bonds. The number of halogens is 1. The number of para-hydroxylation sites is 1. The molecule has 0 aliphatic carbocycles. The number of amides is 1. The van der Waals surface area contributed by atoms with Crippen molar-refractivity contribution in [2.24, 2.45) is 10.2 Å². The standard InChI is InChI=1S/C17H14FN3O3/c1-10-4-2-3-5-14(10)24-9-15(22)20-21-16-12-8-11(18)6-7-13(12)19-17(16)23/h2-8,19,23H,9H2,1H3. The van der Waals surface area contributed by atoms with Crippen molar-refractivity contribution in [3.8, 4) is 11.6 Å². The van der Waals surface area contributed by atoms with Crippen LogP contribution in [0.15, 0.2) is 52.7 Å². The summed E-state index contributed by atoms with van der Waals surface area (Å²) in [6.45, 7) is 1.58. The van der Waals surface area contributed by atoms with Crippen LogP contribution in [0.1, 0.15) is 5.56 Å². The van der Waals surface area contributed by atoms with Crippen molar-refractivity contribution in [2.45, 2.75) is 6.92 Å². The molecule has 0 saturated heterocycles. The zero-order valence-corrected chi connectivity index (χ0v) is 12.8. The maximum atomic E-state index is 13.3. The van der Waals surface area contributed by atoms with Crippen LogP contribution in [0.2, 0.25) is 0 Å². The summed E-state index contributed by atoms with van der Waals surface area (Å²) < 4.78 is 18.7. The highest BCUT2D eigenvalue weighted by Crippen LogP contribution is 2.35. The van der Waals surface area contributed by atoms with Crippen LogP contribution in [-0.2, 0) is 4.79 Å². The second-order valence-electron chi connectivity index (χ2n) is 5.16. The molecule has 2 aromatic carbocycles. The summed E-state index contributed by atoms with van der Waals surface area (Å²) in [6.07, 6.45) is 0. The summed E-state index contributed by atoms with van der Waals surface area (Å²) in [5, 5.41) is 17.4. The minimum absolute atomic E-state index is 0.00809. The van der Waals surface area contributed by atoms with E-state index in [0.29, 0.717) is 16.7 Å². The van der Waals surface area contributed by atoms with E-state index < -0.39 is 11.7 Å². The van der Waals surface area contributed by atoms with Crippen LogP contribution in [0.25, 0.3) is 10.9 Å². The van der Waals surface area contributed by atoms with Crippen LogP contribution in [0.3, 0.4) is 0 Å². The zero-order valence-electron chi connectivity index (χ0n) is 12.8. The molecular weight excluding hydrogens is 313 g/mol. The van der Waals surface area contributed by atoms with Gasteiger partial charge in [-0.15, -0.1) is 10.2 Å². The Hall–Kier alpha value is -3.22. The van der Waals surface area contributed by atoms with E-state index in [1.54, 1.807) is 12.1 Å². The van der Waals surface area contributed by atoms with Crippen molar-refractivity contribution in [3.05, 3.63) is 53.8 Å². The largest absolute Gasteiger partial charge is 0.493 e. The summed E-state index contributed by atoms with van der Waals surface area (Å²) in [7, 11) is 0. The minimum Gasteiger partial charge on any atom is -0.493 e. The van der Waals surface area contributed by atoms with Gasteiger partial charge in [-0.05, 0) is 36.8 Å². The molecule has 0 saturated carbocycles. The van der Waals surface area contributed by atoms with Crippen LogP contribution in [0, 0.1) is 12.7 Å². The number of aryl methyl sites for hydroxylation is 1. The van der Waals surface area contributed by atoms with E-state index in [0.717, 1.165) is 5.56 Å². The molecule has 0 unspecified atom stereocenters. The molecule has 2 N–H and O–H groups in total. The maximum absolute atomic E-state index is 13.3. The van der Waals surface area contributed by atoms with Gasteiger partial charge in [0.1, 0.15) is 11.6 Å². The van der Waals surface area contributed by atoms with Crippen molar-refractivity contribution < 1.29 is 19.0 Å². The molecular formula is C17H14FN3O3. The molecule has 0 bridgehead atoms. The van der Waals surface area contributed by atoms with E-state index in [9.17, 15) is 14.3 Å². The summed E-state index contributed by atoms with van der Waals surface area (Å²) in [5.41, 5.74) is 1.40. The number of nitrogens with one attached hydrogen (secondary N) is 1. The average molecular weight is 327 g/mol. The lowest BCUT2D eigenvalue weighted by molar-refractivity contribution is -0.120. The third kappa shape index (κ3) is 3.24. The van der Waals surface area contributed by atoms with E-state index in [-0.39, 0.29) is 18.2 Å². The lowest BCUT2D eigenvalue weighted by atomic mass is 10.2. The van der Waals surface area contributed by atoms with Gasteiger partial charge in [0.2, 0.25) is 5.88 Å². The lowest BCUT2D eigenvalue weighted by Crippen LogP contribution is -2.08. The van der Waals surface area contributed by atoms with Crippen molar-refractivity contribution in [1.82, 2.24) is 4.98 Å². The number of benzene rings is 2. The number of aromatic hydroxyl groups is 1. The Morgan fingerprint density at radius 2 is 2.08 bits per heavy atom. The summed E-state index contributed by atoms with van der Waals surface area (Å²) in [6, 6.07) is 11.2. The van der Waals surface area contributed by atoms with Gasteiger partial charge in [-0.3, -0.25) is 4.79 Å². The van der Waals surface area contributed by atoms with E-state index in [1.165, 1.54) is 18.2 Å². The molecule has 0 radical (unpaired) electrons. The maximum Gasteiger partial charge on any atom is 0.302 e. The van der Waals surface area contributed by atoms with Gasteiger partial charge in [0, 0.05) is 5.39 Å². The molecule has 3 rings (SSSR count). The third-order valence-corrected chi connectivity index (χ3v) is 3.42. The Morgan fingerprint density at radius 1 is 1.29 bits per heavy atom. The summed E-state index contributed by atoms with van der Waals surface area (Å²) in [5.74, 6) is -0.805. The average Bonchev–Trinajstić information content (AvgIpc) is 2.87. The van der Waals surface area contributed by atoms with E-state index >= 15 is 0 Å². The number of carbonyl (C=O) groups is 1. The summed E-state index contributed by atoms with van der Waals surface area (Å²) in [4.78, 5) is 14.4. The van der Waals surface area contributed by atoms with Crippen LogP contribution >= 0.6 is 0 Å². The predicted octanol–water partition coefficient (Wildman–Crippen LogP) is 4.01. The first kappa shape index (κ1) is 15.7. The highest BCUT2D eigenvalue weighted by molar-refractivity contribution is 5.94. The molecule has 0 aliphatic heterocycles. The molecule has 3 aromatic rings. The summed E-state index contributed by atoms with van der Waals surface area (Å²) >= 11 is 0. The van der Waals surface area contributed by atoms with Gasteiger partial charge in [0.25, 0.3) is 0 Å². The highest BCUT2D eigenvalue weighted by Gasteiger charge is 2.12. The lowest BCUT2D eigenvalue weighted by Gasteiger charge is -2.05. The molecule has 7 heteroatoms. The van der Waals surface area contributed by atoms with E-state index in [1.807, 2.05) is 19.1 Å². The first-order chi connectivity index (χ1) is 11.5. The zero-order chi connectivity index (χ0) is 17.1. The Labute approximate surface area is 136 Å². The number of rotatable bonds is 4. The van der Waals surface area contributed by atoms with Crippen molar-refractivity contribution in [1.29, 1.82) is 0 Å². The number of fused-ring (bicyclic) bond motifs is 1. The first-order valence-electron chi connectivity index (χ1n) is 7.18. The molecule has 1 heterocycles. The van der Waals surface area contributed by atoms with Gasteiger partial charge < -0.3 is 14.8 Å². The van der Waals surface area contributed by atoms with Gasteiger partial charge >= 0.3 is 5.91 Å². The van der Waals surface area contributed by atoms with Crippen LogP contribution in [-0.4, -0.2) is 22.6 Å². The number of carbonyl (C=O) groups excluding carboxylic acids is 1. The third-order valence-electron chi connectivity index (χ3n) is 3.42. The monoisotopic (exact) mass is 327 g/mol. The fourth-order valence-electron chi connectivity index (χ4n) is 2.23. The molecule has 6 nitrogen and oxygen atoms in total. The van der Waals surface area contributed by atoms with Gasteiger partial charge in [-0.1, -0.05) is 18.2 Å². The number of azo groups is 1. The number of nitrogens with zero attached hydrogens (tertiary/aromatic N) is 2. The number of ether oxygens (including phenoxy) is 1. The first-order valence-corrected chi connectivity index (χ1v) is 7.18. The van der Waals surface area contributed by atoms with Crippen molar-refractivity contribution in [2.75, 3.05) is 6.61 Å². The molecule has 0 fully saturated rings. The van der Waals surface area contributed by atoms with Crippen molar-refractivity contribution in [3.63, 3.8) is 0 Å². The minimum atomic E-state index is -0.622. The molecule has 24 heavy (non-hydrogen) atoms. The topological polar surface area (TPSA) is 87.0 Å². The fourth-order valence-corrected chi connectivity index (χ4v) is 2.23. The Bertz CT molecular complexity index is 934. The van der Waals surface area contributed by atoms with E-state index in [4.69, 9.17) is 4.74 Å². The SMILES string of the molecule is Cc1ccccc1OCC(=O)N=Nc1c(O)[nH]c2ccc(F)cc12. The fraction of sp³-hybridized carbons (Fsp3) is 0.118. The molecule has 0 atom stereocenters.